The molecule has 0 spiro atoms. The molecule has 0 aliphatic rings. The molecule has 4 nitrogen and oxygen atoms in total. The molecule has 18 heavy (non-hydrogen) atoms. The molecule has 4 heteroatoms. The van der Waals surface area contributed by atoms with E-state index >= 15 is 0 Å². The fourth-order valence-electron chi connectivity index (χ4n) is 1.87. The first-order valence-corrected chi connectivity index (χ1v) is 6.02. The minimum atomic E-state index is -0.0668. The number of aliphatic hydroxyl groups excluding tert-OH is 1. The topological polar surface area (TPSA) is 49.2 Å². The SMILES string of the molecule is CCN(c1ccccc1)c1nc(C)cc(CO)n1. The Balaban J connectivity index is 2.42. The van der Waals surface area contributed by atoms with E-state index in [2.05, 4.69) is 16.9 Å². The summed E-state index contributed by atoms with van der Waals surface area (Å²) in [7, 11) is 0. The van der Waals surface area contributed by atoms with Crippen LogP contribution in [-0.4, -0.2) is 21.6 Å². The highest BCUT2D eigenvalue weighted by Crippen LogP contribution is 2.21. The summed E-state index contributed by atoms with van der Waals surface area (Å²) in [6.07, 6.45) is 0. The van der Waals surface area contributed by atoms with E-state index in [1.54, 1.807) is 6.07 Å². The average Bonchev–Trinajstić information content (AvgIpc) is 2.40. The van der Waals surface area contributed by atoms with Gasteiger partial charge in [-0.15, -0.1) is 0 Å². The Morgan fingerprint density at radius 1 is 1.17 bits per heavy atom. The lowest BCUT2D eigenvalue weighted by Gasteiger charge is -2.21. The second-order valence-corrected chi connectivity index (χ2v) is 4.04. The molecule has 0 saturated heterocycles. The summed E-state index contributed by atoms with van der Waals surface area (Å²) >= 11 is 0. The molecule has 0 fully saturated rings. The van der Waals surface area contributed by atoms with Crippen LogP contribution < -0.4 is 4.90 Å². The second-order valence-electron chi connectivity index (χ2n) is 4.04. The molecular formula is C14H17N3O. The quantitative estimate of drug-likeness (QED) is 0.896. The van der Waals surface area contributed by atoms with Gasteiger partial charge in [0.25, 0.3) is 0 Å². The maximum atomic E-state index is 9.20. The molecule has 0 unspecified atom stereocenters. The molecule has 1 aromatic carbocycles. The van der Waals surface area contributed by atoms with Crippen LogP contribution in [0.3, 0.4) is 0 Å². The van der Waals surface area contributed by atoms with Crippen LogP contribution in [0.1, 0.15) is 18.3 Å². The fraction of sp³-hybridized carbons (Fsp3) is 0.286. The third kappa shape index (κ3) is 2.65. The molecule has 0 atom stereocenters. The molecule has 1 heterocycles. The predicted octanol–water partition coefficient (Wildman–Crippen LogP) is 2.44. The van der Waals surface area contributed by atoms with Gasteiger partial charge in [-0.05, 0) is 32.0 Å². The Kier molecular flexibility index (Phi) is 3.89. The van der Waals surface area contributed by atoms with E-state index < -0.39 is 0 Å². The first-order valence-electron chi connectivity index (χ1n) is 6.02. The lowest BCUT2D eigenvalue weighted by atomic mass is 10.3. The molecule has 0 bridgehead atoms. The van der Waals surface area contributed by atoms with Crippen LogP contribution in [-0.2, 0) is 6.61 Å². The third-order valence-electron chi connectivity index (χ3n) is 2.68. The molecule has 0 aliphatic heterocycles. The highest BCUT2D eigenvalue weighted by Gasteiger charge is 2.11. The van der Waals surface area contributed by atoms with Crippen molar-refractivity contribution in [3.05, 3.63) is 47.8 Å². The minimum absolute atomic E-state index is 0.0668. The maximum Gasteiger partial charge on any atom is 0.230 e. The Labute approximate surface area is 107 Å². The summed E-state index contributed by atoms with van der Waals surface area (Å²) in [4.78, 5) is 10.8. The van der Waals surface area contributed by atoms with E-state index in [-0.39, 0.29) is 6.61 Å². The van der Waals surface area contributed by atoms with Gasteiger partial charge in [-0.2, -0.15) is 0 Å². The van der Waals surface area contributed by atoms with E-state index in [0.717, 1.165) is 17.9 Å². The van der Waals surface area contributed by atoms with E-state index in [1.165, 1.54) is 0 Å². The van der Waals surface area contributed by atoms with Gasteiger partial charge in [-0.1, -0.05) is 18.2 Å². The zero-order valence-corrected chi connectivity index (χ0v) is 10.7. The van der Waals surface area contributed by atoms with Crippen molar-refractivity contribution in [3.8, 4) is 0 Å². The van der Waals surface area contributed by atoms with Crippen molar-refractivity contribution in [1.29, 1.82) is 0 Å². The number of aliphatic hydroxyl groups is 1. The number of rotatable bonds is 4. The minimum Gasteiger partial charge on any atom is -0.390 e. The fourth-order valence-corrected chi connectivity index (χ4v) is 1.87. The Hall–Kier alpha value is -1.94. The Morgan fingerprint density at radius 3 is 2.50 bits per heavy atom. The van der Waals surface area contributed by atoms with Crippen LogP contribution in [0.2, 0.25) is 0 Å². The smallest absolute Gasteiger partial charge is 0.230 e. The molecular weight excluding hydrogens is 226 g/mol. The number of benzene rings is 1. The van der Waals surface area contributed by atoms with Crippen molar-refractivity contribution in [2.24, 2.45) is 0 Å². The molecule has 1 aromatic heterocycles. The van der Waals surface area contributed by atoms with Gasteiger partial charge < -0.3 is 10.0 Å². The number of hydrogen-bond acceptors (Lipinski definition) is 4. The zero-order chi connectivity index (χ0) is 13.0. The van der Waals surface area contributed by atoms with Crippen LogP contribution in [0.4, 0.5) is 11.6 Å². The van der Waals surface area contributed by atoms with E-state index in [0.29, 0.717) is 11.6 Å². The van der Waals surface area contributed by atoms with Gasteiger partial charge in [0.05, 0.1) is 12.3 Å². The largest absolute Gasteiger partial charge is 0.390 e. The number of aromatic nitrogens is 2. The van der Waals surface area contributed by atoms with Gasteiger partial charge in [0.1, 0.15) is 0 Å². The summed E-state index contributed by atoms with van der Waals surface area (Å²) in [6.45, 7) is 4.67. The van der Waals surface area contributed by atoms with Crippen LogP contribution in [0.15, 0.2) is 36.4 Å². The zero-order valence-electron chi connectivity index (χ0n) is 10.7. The van der Waals surface area contributed by atoms with Crippen molar-refractivity contribution in [1.82, 2.24) is 9.97 Å². The summed E-state index contributed by atoms with van der Waals surface area (Å²) in [6, 6.07) is 11.8. The van der Waals surface area contributed by atoms with Crippen molar-refractivity contribution >= 4 is 11.6 Å². The van der Waals surface area contributed by atoms with Crippen LogP contribution >= 0.6 is 0 Å². The molecule has 2 rings (SSSR count). The predicted molar refractivity (Wildman–Crippen MR) is 71.8 cm³/mol. The van der Waals surface area contributed by atoms with Crippen molar-refractivity contribution in [2.75, 3.05) is 11.4 Å². The Bertz CT molecular complexity index is 514. The Morgan fingerprint density at radius 2 is 1.89 bits per heavy atom. The average molecular weight is 243 g/mol. The van der Waals surface area contributed by atoms with Gasteiger partial charge in [0.15, 0.2) is 0 Å². The lowest BCUT2D eigenvalue weighted by molar-refractivity contribution is 0.276. The van der Waals surface area contributed by atoms with E-state index in [1.807, 2.05) is 42.2 Å². The molecule has 2 aromatic rings. The van der Waals surface area contributed by atoms with Gasteiger partial charge in [-0.3, -0.25) is 0 Å². The number of para-hydroxylation sites is 1. The normalized spacial score (nSPS) is 10.4. The molecule has 0 amide bonds. The number of aryl methyl sites for hydroxylation is 1. The first kappa shape index (κ1) is 12.5. The van der Waals surface area contributed by atoms with Crippen LogP contribution in [0.25, 0.3) is 0 Å². The van der Waals surface area contributed by atoms with Crippen LogP contribution in [0.5, 0.6) is 0 Å². The molecule has 0 aliphatic carbocycles. The first-order chi connectivity index (χ1) is 8.74. The molecule has 94 valence electrons. The van der Waals surface area contributed by atoms with Gasteiger partial charge >= 0.3 is 0 Å². The van der Waals surface area contributed by atoms with Gasteiger partial charge in [-0.25, -0.2) is 9.97 Å². The summed E-state index contributed by atoms with van der Waals surface area (Å²) in [5.74, 6) is 0.632. The highest BCUT2D eigenvalue weighted by atomic mass is 16.3. The maximum absolute atomic E-state index is 9.20. The summed E-state index contributed by atoms with van der Waals surface area (Å²) in [5, 5.41) is 9.20. The number of nitrogens with zero attached hydrogens (tertiary/aromatic N) is 3. The number of anilines is 2. The molecule has 1 N–H and O–H groups in total. The van der Waals surface area contributed by atoms with Crippen molar-refractivity contribution < 1.29 is 5.11 Å². The van der Waals surface area contributed by atoms with Gasteiger partial charge in [0.2, 0.25) is 5.95 Å². The second kappa shape index (κ2) is 5.60. The van der Waals surface area contributed by atoms with Crippen molar-refractivity contribution in [3.63, 3.8) is 0 Å². The summed E-state index contributed by atoms with van der Waals surface area (Å²) in [5.41, 5.74) is 2.56. The van der Waals surface area contributed by atoms with Crippen molar-refractivity contribution in [2.45, 2.75) is 20.5 Å². The van der Waals surface area contributed by atoms with Crippen LogP contribution in [0, 0.1) is 6.92 Å². The molecule has 0 radical (unpaired) electrons. The van der Waals surface area contributed by atoms with Gasteiger partial charge in [0, 0.05) is 17.9 Å². The highest BCUT2D eigenvalue weighted by molar-refractivity contribution is 5.56. The number of hydrogen-bond donors (Lipinski definition) is 1. The van der Waals surface area contributed by atoms with E-state index in [4.69, 9.17) is 0 Å². The monoisotopic (exact) mass is 243 g/mol. The lowest BCUT2D eigenvalue weighted by Crippen LogP contribution is -2.19. The molecule has 0 saturated carbocycles. The van der Waals surface area contributed by atoms with E-state index in [9.17, 15) is 5.11 Å². The third-order valence-corrected chi connectivity index (χ3v) is 2.68. The summed E-state index contributed by atoms with van der Waals surface area (Å²) < 4.78 is 0. The standard InChI is InChI=1S/C14H17N3O/c1-3-17(13-7-5-4-6-8-13)14-15-11(2)9-12(10-18)16-14/h4-9,18H,3,10H2,1-2H3.